The molecule has 1 unspecified atom stereocenters. The van der Waals surface area contributed by atoms with E-state index < -0.39 is 18.2 Å². The summed E-state index contributed by atoms with van der Waals surface area (Å²) in [5.41, 5.74) is 0.999. The lowest BCUT2D eigenvalue weighted by molar-refractivity contribution is -0.159. The van der Waals surface area contributed by atoms with Crippen LogP contribution in [0.15, 0.2) is 52.1 Å². The van der Waals surface area contributed by atoms with Crippen LogP contribution >= 0.6 is 0 Å². The molecule has 1 aromatic heterocycles. The number of alkyl halides is 3. The zero-order valence-electron chi connectivity index (χ0n) is 12.1. The van der Waals surface area contributed by atoms with Gasteiger partial charge in [-0.15, -0.1) is 0 Å². The summed E-state index contributed by atoms with van der Waals surface area (Å²) in [6.45, 7) is 1.93. The molecule has 23 heavy (non-hydrogen) atoms. The molecule has 0 amide bonds. The van der Waals surface area contributed by atoms with Crippen LogP contribution < -0.4 is 0 Å². The quantitative estimate of drug-likeness (QED) is 0.863. The summed E-state index contributed by atoms with van der Waals surface area (Å²) in [4.78, 5) is 9.40. The second-order valence-electron chi connectivity index (χ2n) is 5.00. The number of allylic oxidation sites excluding steroid dienone is 1. The van der Waals surface area contributed by atoms with Crippen molar-refractivity contribution in [2.45, 2.75) is 25.3 Å². The van der Waals surface area contributed by atoms with Crippen LogP contribution in [0, 0.1) is 0 Å². The van der Waals surface area contributed by atoms with Crippen LogP contribution in [-0.2, 0) is 6.18 Å². The van der Waals surface area contributed by atoms with Crippen molar-refractivity contribution in [2.24, 2.45) is 4.99 Å². The van der Waals surface area contributed by atoms with E-state index in [1.165, 1.54) is 6.21 Å². The largest absolute Gasteiger partial charge is 0.471 e. The molecule has 0 saturated heterocycles. The Labute approximate surface area is 130 Å². The van der Waals surface area contributed by atoms with Crippen LogP contribution in [-0.4, -0.2) is 21.3 Å². The van der Waals surface area contributed by atoms with Crippen LogP contribution in [0.25, 0.3) is 0 Å². The van der Waals surface area contributed by atoms with E-state index in [4.69, 9.17) is 0 Å². The first-order valence-corrected chi connectivity index (χ1v) is 6.90. The molecule has 0 radical (unpaired) electrons. The Hall–Kier alpha value is -2.64. The molecule has 0 saturated carbocycles. The van der Waals surface area contributed by atoms with E-state index in [1.807, 2.05) is 37.3 Å². The average Bonchev–Trinajstić information content (AvgIpc) is 3.05. The molecule has 5 nitrogen and oxygen atoms in total. The van der Waals surface area contributed by atoms with E-state index in [0.29, 0.717) is 0 Å². The maximum absolute atomic E-state index is 12.6. The van der Waals surface area contributed by atoms with Crippen molar-refractivity contribution < 1.29 is 17.7 Å². The number of aromatic nitrogens is 2. The Morgan fingerprint density at radius 1 is 1.22 bits per heavy atom. The third kappa shape index (κ3) is 3.10. The van der Waals surface area contributed by atoms with Gasteiger partial charge in [0.1, 0.15) is 0 Å². The predicted octanol–water partition coefficient (Wildman–Crippen LogP) is 3.75. The molecule has 120 valence electrons. The highest BCUT2D eigenvalue weighted by Gasteiger charge is 2.40. The van der Waals surface area contributed by atoms with Gasteiger partial charge in [0.15, 0.2) is 6.17 Å². The fourth-order valence-corrected chi connectivity index (χ4v) is 2.33. The Morgan fingerprint density at radius 3 is 2.61 bits per heavy atom. The minimum Gasteiger partial charge on any atom is -0.343 e. The van der Waals surface area contributed by atoms with E-state index in [9.17, 15) is 13.2 Å². The first-order chi connectivity index (χ1) is 11.0. The molecule has 0 bridgehead atoms. The van der Waals surface area contributed by atoms with Crippen LogP contribution in [0.1, 0.15) is 36.4 Å². The van der Waals surface area contributed by atoms with Crippen molar-refractivity contribution in [3.8, 4) is 0 Å². The predicted molar refractivity (Wildman–Crippen MR) is 76.4 cm³/mol. The fourth-order valence-electron chi connectivity index (χ4n) is 2.33. The normalized spacial score (nSPS) is 19.1. The maximum atomic E-state index is 12.6. The number of hydrogen-bond acceptors (Lipinski definition) is 5. The molecule has 0 N–H and O–H groups in total. The Balaban J connectivity index is 1.89. The van der Waals surface area contributed by atoms with Crippen LogP contribution in [0.5, 0.6) is 0 Å². The molecule has 1 aliphatic rings. The molecule has 0 fully saturated rings. The van der Waals surface area contributed by atoms with E-state index in [0.717, 1.165) is 5.56 Å². The van der Waals surface area contributed by atoms with Crippen molar-refractivity contribution in [1.29, 1.82) is 0 Å². The highest BCUT2D eigenvalue weighted by molar-refractivity contribution is 5.72. The van der Waals surface area contributed by atoms with Gasteiger partial charge in [-0.25, -0.2) is 0 Å². The summed E-state index contributed by atoms with van der Waals surface area (Å²) in [7, 11) is 0. The third-order valence-electron chi connectivity index (χ3n) is 3.50. The highest BCUT2D eigenvalue weighted by Crippen LogP contribution is 2.34. The van der Waals surface area contributed by atoms with Gasteiger partial charge >= 0.3 is 12.1 Å². The standard InChI is InChI=1S/C15H13F3N4O/c1-10(11-6-3-2-4-7-11)22-9-5-8-19-13(22)12-20-14(23-21-12)15(16,17)18/h2-10,13H,1H3/t10?,13-/m0/s1. The molecule has 1 aliphatic heterocycles. The minimum atomic E-state index is -4.67. The van der Waals surface area contributed by atoms with Crippen molar-refractivity contribution >= 4 is 6.21 Å². The van der Waals surface area contributed by atoms with E-state index in [1.54, 1.807) is 17.2 Å². The summed E-state index contributed by atoms with van der Waals surface area (Å²) in [5.74, 6) is -1.50. The molecule has 0 aliphatic carbocycles. The van der Waals surface area contributed by atoms with Gasteiger partial charge in [-0.2, -0.15) is 18.2 Å². The highest BCUT2D eigenvalue weighted by atomic mass is 19.4. The number of halogens is 3. The fraction of sp³-hybridized carbons (Fsp3) is 0.267. The molecule has 2 heterocycles. The summed E-state index contributed by atoms with van der Waals surface area (Å²) in [6.07, 6.45) is -0.479. The monoisotopic (exact) mass is 322 g/mol. The summed E-state index contributed by atoms with van der Waals surface area (Å²) < 4.78 is 42.2. The summed E-state index contributed by atoms with van der Waals surface area (Å²) in [5, 5.41) is 3.44. The molecular formula is C15H13F3N4O. The van der Waals surface area contributed by atoms with E-state index in [-0.39, 0.29) is 11.9 Å². The number of benzene rings is 1. The zero-order valence-corrected chi connectivity index (χ0v) is 12.1. The zero-order chi connectivity index (χ0) is 16.4. The van der Waals surface area contributed by atoms with Gasteiger partial charge in [0.05, 0.1) is 6.04 Å². The Kier molecular flexibility index (Phi) is 3.89. The lowest BCUT2D eigenvalue weighted by Gasteiger charge is -2.33. The van der Waals surface area contributed by atoms with Crippen LogP contribution in [0.3, 0.4) is 0 Å². The molecule has 2 atom stereocenters. The molecule has 8 heteroatoms. The SMILES string of the molecule is CC(c1ccccc1)N1C=CC=N[C@@H]1c1noc(C(F)(F)F)n1. The van der Waals surface area contributed by atoms with Crippen LogP contribution in [0.4, 0.5) is 13.2 Å². The number of nitrogens with zero attached hydrogens (tertiary/aromatic N) is 4. The summed E-state index contributed by atoms with van der Waals surface area (Å²) >= 11 is 0. The van der Waals surface area contributed by atoms with E-state index in [2.05, 4.69) is 19.7 Å². The van der Waals surface area contributed by atoms with Gasteiger partial charge < -0.3 is 9.42 Å². The maximum Gasteiger partial charge on any atom is 0.471 e. The molecule has 0 spiro atoms. The Morgan fingerprint density at radius 2 is 1.96 bits per heavy atom. The van der Waals surface area contributed by atoms with Crippen molar-refractivity contribution in [3.05, 3.63) is 59.9 Å². The second kappa shape index (κ2) is 5.86. The minimum absolute atomic E-state index is 0.122. The molecule has 3 rings (SSSR count). The second-order valence-corrected chi connectivity index (χ2v) is 5.00. The number of hydrogen-bond donors (Lipinski definition) is 0. The first-order valence-electron chi connectivity index (χ1n) is 6.90. The smallest absolute Gasteiger partial charge is 0.343 e. The van der Waals surface area contributed by atoms with Gasteiger partial charge in [0.2, 0.25) is 5.82 Å². The topological polar surface area (TPSA) is 54.5 Å². The van der Waals surface area contributed by atoms with Gasteiger partial charge in [0, 0.05) is 12.4 Å². The number of rotatable bonds is 3. The van der Waals surface area contributed by atoms with Crippen LogP contribution in [0.2, 0.25) is 0 Å². The lowest BCUT2D eigenvalue weighted by Crippen LogP contribution is -2.28. The summed E-state index contributed by atoms with van der Waals surface area (Å²) in [6, 6.07) is 9.44. The van der Waals surface area contributed by atoms with Crippen molar-refractivity contribution in [2.75, 3.05) is 0 Å². The van der Waals surface area contributed by atoms with Crippen molar-refractivity contribution in [1.82, 2.24) is 15.0 Å². The first kappa shape index (κ1) is 15.3. The van der Waals surface area contributed by atoms with Gasteiger partial charge in [-0.05, 0) is 18.6 Å². The third-order valence-corrected chi connectivity index (χ3v) is 3.50. The van der Waals surface area contributed by atoms with Gasteiger partial charge in [0.25, 0.3) is 0 Å². The van der Waals surface area contributed by atoms with Gasteiger partial charge in [-0.1, -0.05) is 35.5 Å². The average molecular weight is 322 g/mol. The van der Waals surface area contributed by atoms with E-state index >= 15 is 0 Å². The lowest BCUT2D eigenvalue weighted by atomic mass is 10.1. The molecule has 2 aromatic rings. The molecular weight excluding hydrogens is 309 g/mol. The Bertz CT molecular complexity index is 724. The number of aliphatic imine (C=N–C) groups is 1. The van der Waals surface area contributed by atoms with Crippen molar-refractivity contribution in [3.63, 3.8) is 0 Å². The molecule has 1 aromatic carbocycles. The van der Waals surface area contributed by atoms with Gasteiger partial charge in [-0.3, -0.25) is 4.99 Å².